The zero-order valence-corrected chi connectivity index (χ0v) is 12.5. The number of rotatable bonds is 5. The van der Waals surface area contributed by atoms with Crippen LogP contribution in [-0.2, 0) is 21.2 Å². The SMILES string of the molecule is Cc1cc(F)ccc1S(=O)(=O)Nc1nc(CC(=O)O)cs1. The highest BCUT2D eigenvalue weighted by Crippen LogP contribution is 2.22. The minimum atomic E-state index is -3.89. The second-order valence-electron chi connectivity index (χ2n) is 4.23. The summed E-state index contributed by atoms with van der Waals surface area (Å²) in [5.41, 5.74) is 0.533. The number of thiazole rings is 1. The molecule has 0 spiro atoms. The minimum Gasteiger partial charge on any atom is -0.481 e. The van der Waals surface area contributed by atoms with Gasteiger partial charge < -0.3 is 5.11 Å². The Kier molecular flexibility index (Phi) is 4.24. The van der Waals surface area contributed by atoms with E-state index in [1.165, 1.54) is 18.4 Å². The Bertz CT molecular complexity index is 786. The molecule has 1 heterocycles. The summed E-state index contributed by atoms with van der Waals surface area (Å²) >= 11 is 0.983. The topological polar surface area (TPSA) is 96.4 Å². The first-order valence-corrected chi connectivity index (χ1v) is 8.09. The van der Waals surface area contributed by atoms with Gasteiger partial charge in [-0.3, -0.25) is 9.52 Å². The fourth-order valence-corrected chi connectivity index (χ4v) is 3.86. The number of nitrogens with zero attached hydrogens (tertiary/aromatic N) is 1. The zero-order valence-electron chi connectivity index (χ0n) is 10.8. The molecular weight excluding hydrogens is 319 g/mol. The maximum Gasteiger partial charge on any atom is 0.309 e. The first-order valence-electron chi connectivity index (χ1n) is 5.73. The van der Waals surface area contributed by atoms with Crippen molar-refractivity contribution in [2.75, 3.05) is 4.72 Å². The van der Waals surface area contributed by atoms with Crippen molar-refractivity contribution in [3.63, 3.8) is 0 Å². The van der Waals surface area contributed by atoms with Crippen LogP contribution in [0.2, 0.25) is 0 Å². The smallest absolute Gasteiger partial charge is 0.309 e. The first-order chi connectivity index (χ1) is 9.78. The van der Waals surface area contributed by atoms with Gasteiger partial charge in [-0.1, -0.05) is 0 Å². The van der Waals surface area contributed by atoms with Gasteiger partial charge in [0.25, 0.3) is 10.0 Å². The number of sulfonamides is 1. The van der Waals surface area contributed by atoms with Gasteiger partial charge >= 0.3 is 5.97 Å². The van der Waals surface area contributed by atoms with Crippen molar-refractivity contribution in [2.45, 2.75) is 18.2 Å². The quantitative estimate of drug-likeness (QED) is 0.874. The monoisotopic (exact) mass is 330 g/mol. The predicted molar refractivity (Wildman–Crippen MR) is 75.4 cm³/mol. The van der Waals surface area contributed by atoms with Crippen molar-refractivity contribution in [1.82, 2.24) is 4.98 Å². The van der Waals surface area contributed by atoms with Crippen molar-refractivity contribution in [3.8, 4) is 0 Å². The molecule has 21 heavy (non-hydrogen) atoms. The number of anilines is 1. The van der Waals surface area contributed by atoms with E-state index in [2.05, 4.69) is 9.71 Å². The van der Waals surface area contributed by atoms with Crippen LogP contribution in [0.4, 0.5) is 9.52 Å². The maximum absolute atomic E-state index is 13.0. The summed E-state index contributed by atoms with van der Waals surface area (Å²) in [6.07, 6.45) is -0.284. The number of aryl methyl sites for hydroxylation is 1. The number of aliphatic carboxylic acids is 1. The van der Waals surface area contributed by atoms with Gasteiger partial charge in [0.05, 0.1) is 17.0 Å². The lowest BCUT2D eigenvalue weighted by molar-refractivity contribution is -0.136. The van der Waals surface area contributed by atoms with E-state index in [1.54, 1.807) is 0 Å². The molecule has 0 atom stereocenters. The number of carboxylic acids is 1. The maximum atomic E-state index is 13.0. The first kappa shape index (κ1) is 15.4. The van der Waals surface area contributed by atoms with E-state index >= 15 is 0 Å². The molecule has 0 aliphatic rings. The molecule has 0 aliphatic carbocycles. The van der Waals surface area contributed by atoms with Crippen LogP contribution in [0.3, 0.4) is 0 Å². The average molecular weight is 330 g/mol. The number of nitrogens with one attached hydrogen (secondary N) is 1. The number of aromatic nitrogens is 1. The van der Waals surface area contributed by atoms with E-state index in [1.807, 2.05) is 0 Å². The van der Waals surface area contributed by atoms with E-state index in [4.69, 9.17) is 5.11 Å². The largest absolute Gasteiger partial charge is 0.481 e. The van der Waals surface area contributed by atoms with E-state index in [0.29, 0.717) is 0 Å². The molecule has 9 heteroatoms. The molecule has 112 valence electrons. The van der Waals surface area contributed by atoms with Crippen molar-refractivity contribution in [2.24, 2.45) is 0 Å². The third-order valence-corrected chi connectivity index (χ3v) is 4.97. The van der Waals surface area contributed by atoms with Gasteiger partial charge in [-0.15, -0.1) is 11.3 Å². The standard InChI is InChI=1S/C12H11FN2O4S2/c1-7-4-8(13)2-3-10(7)21(18,19)15-12-14-9(6-20-12)5-11(16)17/h2-4,6H,5H2,1H3,(H,14,15)(H,16,17). The molecule has 0 unspecified atom stereocenters. The molecule has 2 N–H and O–H groups in total. The van der Waals surface area contributed by atoms with Crippen molar-refractivity contribution in [1.29, 1.82) is 0 Å². The van der Waals surface area contributed by atoms with E-state index < -0.39 is 21.8 Å². The summed E-state index contributed by atoms with van der Waals surface area (Å²) in [6.45, 7) is 1.48. The Hall–Kier alpha value is -2.00. The highest BCUT2D eigenvalue weighted by molar-refractivity contribution is 7.93. The molecule has 1 aromatic heterocycles. The minimum absolute atomic E-state index is 0.0566. The van der Waals surface area contributed by atoms with Crippen LogP contribution in [0.5, 0.6) is 0 Å². The summed E-state index contributed by atoms with van der Waals surface area (Å²) in [7, 11) is -3.89. The number of hydrogen-bond acceptors (Lipinski definition) is 5. The van der Waals surface area contributed by atoms with Gasteiger partial charge in [0.2, 0.25) is 0 Å². The molecule has 2 rings (SSSR count). The highest BCUT2D eigenvalue weighted by Gasteiger charge is 2.19. The number of halogens is 1. The van der Waals surface area contributed by atoms with E-state index in [0.717, 1.165) is 23.5 Å². The van der Waals surface area contributed by atoms with Crippen LogP contribution in [-0.4, -0.2) is 24.5 Å². The van der Waals surface area contributed by atoms with E-state index in [9.17, 15) is 17.6 Å². The van der Waals surface area contributed by atoms with Crippen molar-refractivity contribution >= 4 is 32.5 Å². The fourth-order valence-electron chi connectivity index (χ4n) is 1.67. The van der Waals surface area contributed by atoms with Crippen molar-refractivity contribution < 1.29 is 22.7 Å². The third-order valence-electron chi connectivity index (χ3n) is 2.53. The lowest BCUT2D eigenvalue weighted by Gasteiger charge is -2.08. The number of carboxylic acid groups (broad SMARTS) is 1. The van der Waals surface area contributed by atoms with Gasteiger partial charge in [-0.05, 0) is 30.7 Å². The number of hydrogen-bond donors (Lipinski definition) is 2. The molecule has 0 saturated carbocycles. The Morgan fingerprint density at radius 1 is 1.48 bits per heavy atom. The lowest BCUT2D eigenvalue weighted by Crippen LogP contribution is -2.14. The van der Waals surface area contributed by atoms with Crippen LogP contribution < -0.4 is 4.72 Å². The van der Waals surface area contributed by atoms with Crippen LogP contribution in [0.15, 0.2) is 28.5 Å². The molecule has 2 aromatic rings. The highest BCUT2D eigenvalue weighted by atomic mass is 32.2. The van der Waals surface area contributed by atoms with Crippen LogP contribution in [0.25, 0.3) is 0 Å². The molecule has 0 saturated heterocycles. The van der Waals surface area contributed by atoms with Crippen LogP contribution >= 0.6 is 11.3 Å². The summed E-state index contributed by atoms with van der Waals surface area (Å²) < 4.78 is 39.6. The molecule has 0 fully saturated rings. The lowest BCUT2D eigenvalue weighted by atomic mass is 10.2. The van der Waals surface area contributed by atoms with E-state index in [-0.39, 0.29) is 27.7 Å². The van der Waals surface area contributed by atoms with Gasteiger partial charge in [-0.2, -0.15) is 0 Å². The van der Waals surface area contributed by atoms with Crippen LogP contribution in [0.1, 0.15) is 11.3 Å². The molecule has 0 radical (unpaired) electrons. The van der Waals surface area contributed by atoms with Gasteiger partial charge in [0.1, 0.15) is 5.82 Å². The summed E-state index contributed by atoms with van der Waals surface area (Å²) in [4.78, 5) is 14.4. The molecular formula is C12H11FN2O4S2. The van der Waals surface area contributed by atoms with Crippen molar-refractivity contribution in [3.05, 3.63) is 40.7 Å². The van der Waals surface area contributed by atoms with Crippen LogP contribution in [0, 0.1) is 12.7 Å². The fraction of sp³-hybridized carbons (Fsp3) is 0.167. The zero-order chi connectivity index (χ0) is 15.6. The normalized spacial score (nSPS) is 11.3. The van der Waals surface area contributed by atoms with Gasteiger partial charge in [0.15, 0.2) is 5.13 Å². The second-order valence-corrected chi connectivity index (χ2v) is 6.74. The second kappa shape index (κ2) is 5.78. The summed E-state index contributed by atoms with van der Waals surface area (Å²) in [6, 6.07) is 3.34. The Labute approximate surface area is 124 Å². The molecule has 1 aromatic carbocycles. The Morgan fingerprint density at radius 3 is 2.81 bits per heavy atom. The molecule has 0 aliphatic heterocycles. The Morgan fingerprint density at radius 2 is 2.19 bits per heavy atom. The van der Waals surface area contributed by atoms with Gasteiger partial charge in [0, 0.05) is 5.38 Å². The van der Waals surface area contributed by atoms with Gasteiger partial charge in [-0.25, -0.2) is 17.8 Å². The molecule has 0 amide bonds. The average Bonchev–Trinajstić information content (AvgIpc) is 2.73. The Balaban J connectivity index is 2.25. The predicted octanol–water partition coefficient (Wildman–Crippen LogP) is 2.02. The number of benzene rings is 1. The molecule has 0 bridgehead atoms. The summed E-state index contributed by atoms with van der Waals surface area (Å²) in [5.74, 6) is -1.58. The summed E-state index contributed by atoms with van der Waals surface area (Å²) in [5, 5.41) is 10.2. The third kappa shape index (κ3) is 3.76. The number of carbonyl (C=O) groups is 1. The molecule has 6 nitrogen and oxygen atoms in total.